The van der Waals surface area contributed by atoms with E-state index in [-0.39, 0.29) is 34.8 Å². The number of hydrogen-bond acceptors (Lipinski definition) is 6. The van der Waals surface area contributed by atoms with Crippen LogP contribution >= 0.6 is 0 Å². The van der Waals surface area contributed by atoms with E-state index in [2.05, 4.69) is 5.32 Å². The fourth-order valence-corrected chi connectivity index (χ4v) is 7.02. The molecule has 1 atom stereocenters. The van der Waals surface area contributed by atoms with Crippen molar-refractivity contribution in [1.29, 1.82) is 0 Å². The maximum Gasteiger partial charge on any atom is 0.264 e. The number of amides is 2. The smallest absolute Gasteiger partial charge is 0.264 e. The van der Waals surface area contributed by atoms with E-state index in [0.29, 0.717) is 17.7 Å². The summed E-state index contributed by atoms with van der Waals surface area (Å²) in [5.74, 6) is -0.712. The van der Waals surface area contributed by atoms with E-state index in [9.17, 15) is 22.4 Å². The number of carbonyl (C=O) groups excluding carboxylic acids is 2. The zero-order chi connectivity index (χ0) is 32.6. The van der Waals surface area contributed by atoms with Crippen molar-refractivity contribution in [3.8, 4) is 11.5 Å². The van der Waals surface area contributed by atoms with Gasteiger partial charge in [-0.05, 0) is 68.1 Å². The number of carbonyl (C=O) groups is 2. The van der Waals surface area contributed by atoms with Gasteiger partial charge in [0.25, 0.3) is 10.0 Å². The van der Waals surface area contributed by atoms with Crippen molar-refractivity contribution in [2.75, 3.05) is 25.1 Å². The number of methoxy groups -OCH3 is 2. The Balaban J connectivity index is 1.73. The Kier molecular flexibility index (Phi) is 11.4. The second-order valence-corrected chi connectivity index (χ2v) is 13.1. The number of nitrogens with zero attached hydrogens (tertiary/aromatic N) is 2. The number of aryl methyl sites for hydroxylation is 1. The quantitative estimate of drug-likeness (QED) is 0.261. The van der Waals surface area contributed by atoms with E-state index in [1.807, 2.05) is 13.8 Å². The molecule has 0 radical (unpaired) electrons. The van der Waals surface area contributed by atoms with Gasteiger partial charge >= 0.3 is 0 Å². The van der Waals surface area contributed by atoms with Crippen molar-refractivity contribution in [2.24, 2.45) is 0 Å². The number of rotatable bonds is 13. The number of ether oxygens (including phenoxy) is 2. The first-order valence-electron chi connectivity index (χ1n) is 15.2. The monoisotopic (exact) mass is 639 g/mol. The molecule has 4 rings (SSSR count). The molecule has 1 saturated carbocycles. The lowest BCUT2D eigenvalue weighted by Crippen LogP contribution is -2.54. The molecule has 0 spiro atoms. The van der Waals surface area contributed by atoms with E-state index in [1.165, 1.54) is 49.5 Å². The molecule has 45 heavy (non-hydrogen) atoms. The van der Waals surface area contributed by atoms with Crippen molar-refractivity contribution < 1.29 is 31.9 Å². The summed E-state index contributed by atoms with van der Waals surface area (Å²) in [6.45, 7) is 3.11. The van der Waals surface area contributed by atoms with Gasteiger partial charge in [0.15, 0.2) is 11.5 Å². The molecule has 2 amide bonds. The van der Waals surface area contributed by atoms with E-state index in [1.54, 1.807) is 36.4 Å². The van der Waals surface area contributed by atoms with Crippen LogP contribution in [0.4, 0.5) is 10.1 Å². The topological polar surface area (TPSA) is 105 Å². The molecule has 0 saturated heterocycles. The highest BCUT2D eigenvalue weighted by Gasteiger charge is 2.35. The molecule has 1 N–H and O–H groups in total. The van der Waals surface area contributed by atoms with Crippen LogP contribution in [-0.2, 0) is 26.2 Å². The Bertz CT molecular complexity index is 1560. The number of anilines is 1. The van der Waals surface area contributed by atoms with Gasteiger partial charge in [-0.2, -0.15) is 0 Å². The fraction of sp³-hybridized carbons (Fsp3) is 0.412. The number of hydrogen-bond donors (Lipinski definition) is 1. The fourth-order valence-electron chi connectivity index (χ4n) is 5.59. The van der Waals surface area contributed by atoms with Crippen LogP contribution in [0.2, 0.25) is 0 Å². The molecule has 3 aromatic carbocycles. The van der Waals surface area contributed by atoms with Crippen LogP contribution in [0.1, 0.15) is 56.6 Å². The third-order valence-corrected chi connectivity index (χ3v) is 9.92. The molecule has 0 heterocycles. The van der Waals surface area contributed by atoms with E-state index in [0.717, 1.165) is 42.0 Å². The third kappa shape index (κ3) is 8.33. The molecule has 0 bridgehead atoms. The van der Waals surface area contributed by atoms with Gasteiger partial charge in [0.05, 0.1) is 24.8 Å². The molecule has 1 aliphatic carbocycles. The van der Waals surface area contributed by atoms with Gasteiger partial charge in [-0.15, -0.1) is 0 Å². The summed E-state index contributed by atoms with van der Waals surface area (Å²) in [7, 11) is -1.45. The second kappa shape index (κ2) is 15.2. The predicted octanol–water partition coefficient (Wildman–Crippen LogP) is 5.60. The Hall–Kier alpha value is -4.12. The first kappa shape index (κ1) is 33.8. The number of nitrogens with one attached hydrogen (secondary N) is 1. The Morgan fingerprint density at radius 2 is 1.58 bits per heavy atom. The van der Waals surface area contributed by atoms with Crippen LogP contribution in [0.25, 0.3) is 0 Å². The zero-order valence-electron chi connectivity index (χ0n) is 26.3. The number of halogens is 1. The van der Waals surface area contributed by atoms with E-state index >= 15 is 0 Å². The van der Waals surface area contributed by atoms with Gasteiger partial charge in [0.2, 0.25) is 11.8 Å². The highest BCUT2D eigenvalue weighted by molar-refractivity contribution is 7.92. The summed E-state index contributed by atoms with van der Waals surface area (Å²) in [5.41, 5.74) is 1.81. The van der Waals surface area contributed by atoms with Gasteiger partial charge in [-0.25, -0.2) is 12.8 Å². The zero-order valence-corrected chi connectivity index (χ0v) is 27.1. The average Bonchev–Trinajstić information content (AvgIpc) is 3.04. The molecule has 0 aromatic heterocycles. The molecule has 242 valence electrons. The normalized spacial score (nSPS) is 14.3. The minimum atomic E-state index is -4.31. The van der Waals surface area contributed by atoms with Gasteiger partial charge in [-0.3, -0.25) is 13.9 Å². The van der Waals surface area contributed by atoms with Gasteiger partial charge in [-0.1, -0.05) is 56.0 Å². The van der Waals surface area contributed by atoms with Crippen LogP contribution in [0.15, 0.2) is 71.6 Å². The molecule has 0 unspecified atom stereocenters. The molecular formula is C34H42FN3O6S. The maximum atomic E-state index is 14.3. The summed E-state index contributed by atoms with van der Waals surface area (Å²) in [5, 5.41) is 3.12. The van der Waals surface area contributed by atoms with Crippen molar-refractivity contribution >= 4 is 27.5 Å². The van der Waals surface area contributed by atoms with Gasteiger partial charge < -0.3 is 19.7 Å². The van der Waals surface area contributed by atoms with Crippen LogP contribution in [0, 0.1) is 12.7 Å². The Morgan fingerprint density at radius 3 is 2.18 bits per heavy atom. The molecule has 1 fully saturated rings. The summed E-state index contributed by atoms with van der Waals surface area (Å²) in [6, 6.07) is 15.9. The molecular weight excluding hydrogens is 597 g/mol. The van der Waals surface area contributed by atoms with Crippen LogP contribution < -0.4 is 19.1 Å². The molecule has 9 nitrogen and oxygen atoms in total. The SMILES string of the molecule is CC[C@H](C(=O)NC1CCCCC1)N(Cc1ccc(F)cc1)C(=O)CN(c1ccc(C)cc1)S(=O)(=O)c1ccc(OC)c(OC)c1. The first-order chi connectivity index (χ1) is 21.6. The first-order valence-corrected chi connectivity index (χ1v) is 16.7. The molecule has 3 aromatic rings. The highest BCUT2D eigenvalue weighted by Crippen LogP contribution is 2.32. The predicted molar refractivity (Wildman–Crippen MR) is 171 cm³/mol. The van der Waals surface area contributed by atoms with E-state index in [4.69, 9.17) is 9.47 Å². The Labute approximate surface area is 265 Å². The van der Waals surface area contributed by atoms with Crippen molar-refractivity contribution in [1.82, 2.24) is 10.2 Å². The van der Waals surface area contributed by atoms with Gasteiger partial charge in [0.1, 0.15) is 18.4 Å². The van der Waals surface area contributed by atoms with Crippen molar-refractivity contribution in [3.05, 3.63) is 83.7 Å². The van der Waals surface area contributed by atoms with Crippen LogP contribution in [0.3, 0.4) is 0 Å². The number of benzene rings is 3. The van der Waals surface area contributed by atoms with Crippen molar-refractivity contribution in [2.45, 2.75) is 75.9 Å². The minimum absolute atomic E-state index is 0.00610. The van der Waals surface area contributed by atoms with Gasteiger partial charge in [0, 0.05) is 18.7 Å². The summed E-state index contributed by atoms with van der Waals surface area (Å²) >= 11 is 0. The second-order valence-electron chi connectivity index (χ2n) is 11.3. The van der Waals surface area contributed by atoms with Crippen LogP contribution in [0.5, 0.6) is 11.5 Å². The van der Waals surface area contributed by atoms with Crippen molar-refractivity contribution in [3.63, 3.8) is 0 Å². The highest BCUT2D eigenvalue weighted by atomic mass is 32.2. The van der Waals surface area contributed by atoms with Crippen LogP contribution in [-0.4, -0.2) is 58.0 Å². The molecule has 1 aliphatic rings. The standard InChI is InChI=1S/C34H42FN3O6S/c1-5-30(34(40)36-27-9-7-6-8-10-27)37(22-25-13-15-26(35)16-14-25)33(39)23-38(28-17-11-24(2)12-18-28)45(41,42)29-19-20-31(43-3)32(21-29)44-4/h11-21,27,30H,5-10,22-23H2,1-4H3,(H,36,40)/t30-/m1/s1. The largest absolute Gasteiger partial charge is 0.493 e. The lowest BCUT2D eigenvalue weighted by molar-refractivity contribution is -0.140. The minimum Gasteiger partial charge on any atom is -0.493 e. The number of sulfonamides is 1. The lowest BCUT2D eigenvalue weighted by atomic mass is 9.95. The van der Waals surface area contributed by atoms with E-state index < -0.39 is 34.3 Å². The lowest BCUT2D eigenvalue weighted by Gasteiger charge is -2.34. The molecule has 0 aliphatic heterocycles. The summed E-state index contributed by atoms with van der Waals surface area (Å²) in [4.78, 5) is 29.2. The Morgan fingerprint density at radius 1 is 0.933 bits per heavy atom. The third-order valence-electron chi connectivity index (χ3n) is 8.15. The summed E-state index contributed by atoms with van der Waals surface area (Å²) < 4.78 is 53.8. The molecule has 11 heteroatoms. The average molecular weight is 640 g/mol. The maximum absolute atomic E-state index is 14.3. The summed E-state index contributed by atoms with van der Waals surface area (Å²) in [6.07, 6.45) is 5.23.